The van der Waals surface area contributed by atoms with Crippen molar-refractivity contribution in [3.8, 4) is 0 Å². The van der Waals surface area contributed by atoms with Crippen molar-refractivity contribution < 1.29 is 9.59 Å². The van der Waals surface area contributed by atoms with Gasteiger partial charge in [-0.15, -0.1) is 0 Å². The van der Waals surface area contributed by atoms with Crippen molar-refractivity contribution in [2.24, 2.45) is 5.73 Å². The second-order valence-electron chi connectivity index (χ2n) is 4.41. The lowest BCUT2D eigenvalue weighted by atomic mass is 9.92. The van der Waals surface area contributed by atoms with Gasteiger partial charge in [-0.2, -0.15) is 0 Å². The van der Waals surface area contributed by atoms with Gasteiger partial charge in [0.15, 0.2) is 0 Å². The quantitative estimate of drug-likeness (QED) is 0.726. The second kappa shape index (κ2) is 4.82. The van der Waals surface area contributed by atoms with Gasteiger partial charge in [0.1, 0.15) is 0 Å². The van der Waals surface area contributed by atoms with Crippen LogP contribution in [0.2, 0.25) is 0 Å². The minimum atomic E-state index is -0.809. The zero-order valence-electron chi connectivity index (χ0n) is 10.3. The van der Waals surface area contributed by atoms with E-state index >= 15 is 0 Å². The van der Waals surface area contributed by atoms with Crippen molar-refractivity contribution in [1.82, 2.24) is 9.80 Å². The number of nitrogens with zero attached hydrogens (tertiary/aromatic N) is 2. The second-order valence-corrected chi connectivity index (χ2v) is 4.41. The molecule has 16 heavy (non-hydrogen) atoms. The predicted octanol–water partition coefficient (Wildman–Crippen LogP) is -0.195. The number of carbonyl (C=O) groups is 2. The Morgan fingerprint density at radius 1 is 1.38 bits per heavy atom. The molecule has 1 aliphatic rings. The number of likely N-dealkylation sites (N-methyl/N-ethyl adjacent to an activating group) is 1. The van der Waals surface area contributed by atoms with Gasteiger partial charge in [-0.1, -0.05) is 13.8 Å². The van der Waals surface area contributed by atoms with Crippen molar-refractivity contribution in [3.05, 3.63) is 0 Å². The van der Waals surface area contributed by atoms with Crippen LogP contribution in [0.5, 0.6) is 0 Å². The fraction of sp³-hybridized carbons (Fsp3) is 0.818. The highest BCUT2D eigenvalue weighted by molar-refractivity contribution is 5.90. The summed E-state index contributed by atoms with van der Waals surface area (Å²) in [5, 5.41) is 0. The van der Waals surface area contributed by atoms with Crippen LogP contribution in [0.25, 0.3) is 0 Å². The molecule has 5 heteroatoms. The average Bonchev–Trinajstić information content (AvgIpc) is 2.30. The van der Waals surface area contributed by atoms with Crippen LogP contribution in [-0.2, 0) is 9.59 Å². The third kappa shape index (κ3) is 2.35. The number of piperazine rings is 1. The maximum atomic E-state index is 12.2. The first-order chi connectivity index (χ1) is 7.44. The molecule has 0 radical (unpaired) electrons. The molecular weight excluding hydrogens is 206 g/mol. The third-order valence-electron chi connectivity index (χ3n) is 3.43. The molecule has 0 aliphatic carbocycles. The number of carbonyl (C=O) groups excluding carboxylic acids is 2. The van der Waals surface area contributed by atoms with E-state index in [-0.39, 0.29) is 18.4 Å². The number of rotatable bonds is 3. The van der Waals surface area contributed by atoms with Gasteiger partial charge < -0.3 is 15.5 Å². The van der Waals surface area contributed by atoms with Crippen molar-refractivity contribution in [2.75, 3.05) is 26.7 Å². The normalized spacial score (nSPS) is 17.9. The summed E-state index contributed by atoms with van der Waals surface area (Å²) in [4.78, 5) is 26.9. The molecule has 1 rings (SSSR count). The van der Waals surface area contributed by atoms with E-state index in [1.807, 2.05) is 13.8 Å². The standard InChI is InChI=1S/C11H21N3O2/c1-4-11(12,5-2)10(16)14-7-6-13(3)9(15)8-14/h4-8,12H2,1-3H3. The van der Waals surface area contributed by atoms with Crippen molar-refractivity contribution in [2.45, 2.75) is 32.2 Å². The maximum Gasteiger partial charge on any atom is 0.243 e. The van der Waals surface area contributed by atoms with E-state index in [2.05, 4.69) is 0 Å². The number of nitrogens with two attached hydrogens (primary N) is 1. The van der Waals surface area contributed by atoms with E-state index < -0.39 is 5.54 Å². The first-order valence-electron chi connectivity index (χ1n) is 5.76. The van der Waals surface area contributed by atoms with E-state index in [9.17, 15) is 9.59 Å². The minimum Gasteiger partial charge on any atom is -0.342 e. The summed E-state index contributed by atoms with van der Waals surface area (Å²) in [6.45, 7) is 5.14. The van der Waals surface area contributed by atoms with Gasteiger partial charge in [-0.05, 0) is 12.8 Å². The molecule has 2 N–H and O–H groups in total. The molecule has 92 valence electrons. The van der Waals surface area contributed by atoms with Gasteiger partial charge in [0.05, 0.1) is 12.1 Å². The van der Waals surface area contributed by atoms with Crippen LogP contribution in [0, 0.1) is 0 Å². The first-order valence-corrected chi connectivity index (χ1v) is 5.76. The zero-order valence-corrected chi connectivity index (χ0v) is 10.3. The monoisotopic (exact) mass is 227 g/mol. The van der Waals surface area contributed by atoms with Crippen LogP contribution in [0.4, 0.5) is 0 Å². The van der Waals surface area contributed by atoms with Crippen LogP contribution in [0.1, 0.15) is 26.7 Å². The molecule has 2 amide bonds. The topological polar surface area (TPSA) is 66.6 Å². The summed E-state index contributed by atoms with van der Waals surface area (Å²) < 4.78 is 0. The Morgan fingerprint density at radius 3 is 2.38 bits per heavy atom. The highest BCUT2D eigenvalue weighted by Gasteiger charge is 2.36. The fourth-order valence-corrected chi connectivity index (χ4v) is 1.80. The van der Waals surface area contributed by atoms with E-state index in [0.717, 1.165) is 0 Å². The molecule has 0 atom stereocenters. The van der Waals surface area contributed by atoms with Crippen LogP contribution < -0.4 is 5.73 Å². The van der Waals surface area contributed by atoms with E-state index in [1.165, 1.54) is 0 Å². The molecule has 1 heterocycles. The van der Waals surface area contributed by atoms with Gasteiger partial charge in [-0.3, -0.25) is 9.59 Å². The largest absolute Gasteiger partial charge is 0.342 e. The van der Waals surface area contributed by atoms with Crippen molar-refractivity contribution >= 4 is 11.8 Å². The molecule has 0 aromatic carbocycles. The highest BCUT2D eigenvalue weighted by Crippen LogP contribution is 2.16. The Labute approximate surface area is 96.6 Å². The molecule has 1 aliphatic heterocycles. The van der Waals surface area contributed by atoms with Gasteiger partial charge in [0.25, 0.3) is 0 Å². The SMILES string of the molecule is CCC(N)(CC)C(=O)N1CCN(C)C(=O)C1. The van der Waals surface area contributed by atoms with Crippen LogP contribution in [-0.4, -0.2) is 53.8 Å². The molecule has 0 unspecified atom stereocenters. The minimum absolute atomic E-state index is 0.0193. The lowest BCUT2D eigenvalue weighted by Gasteiger charge is -2.37. The van der Waals surface area contributed by atoms with E-state index in [0.29, 0.717) is 25.9 Å². The summed E-state index contributed by atoms with van der Waals surface area (Å²) in [6, 6.07) is 0. The summed E-state index contributed by atoms with van der Waals surface area (Å²) in [5.74, 6) is -0.117. The highest BCUT2D eigenvalue weighted by atomic mass is 16.2. The summed E-state index contributed by atoms with van der Waals surface area (Å²) >= 11 is 0. The Balaban J connectivity index is 2.72. The predicted molar refractivity (Wildman–Crippen MR) is 61.7 cm³/mol. The van der Waals surface area contributed by atoms with Crippen molar-refractivity contribution in [3.63, 3.8) is 0 Å². The van der Waals surface area contributed by atoms with Crippen LogP contribution >= 0.6 is 0 Å². The third-order valence-corrected chi connectivity index (χ3v) is 3.43. The first kappa shape index (κ1) is 13.0. The molecular formula is C11H21N3O2. The van der Waals surface area contributed by atoms with E-state index in [1.54, 1.807) is 16.8 Å². The van der Waals surface area contributed by atoms with Crippen LogP contribution in [0.15, 0.2) is 0 Å². The van der Waals surface area contributed by atoms with Gasteiger partial charge >= 0.3 is 0 Å². The van der Waals surface area contributed by atoms with Crippen molar-refractivity contribution in [1.29, 1.82) is 0 Å². The Bertz CT molecular complexity index is 287. The molecule has 0 aromatic heterocycles. The summed E-state index contributed by atoms with van der Waals surface area (Å²) in [7, 11) is 1.75. The zero-order chi connectivity index (χ0) is 12.3. The summed E-state index contributed by atoms with van der Waals surface area (Å²) in [5.41, 5.74) is 5.23. The maximum absolute atomic E-state index is 12.2. The molecule has 0 aromatic rings. The molecule has 0 saturated carbocycles. The lowest BCUT2D eigenvalue weighted by molar-refractivity contribution is -0.147. The van der Waals surface area contributed by atoms with Crippen LogP contribution in [0.3, 0.4) is 0 Å². The number of amides is 2. The molecule has 0 spiro atoms. The Morgan fingerprint density at radius 2 is 1.94 bits per heavy atom. The Hall–Kier alpha value is -1.10. The molecule has 1 saturated heterocycles. The smallest absolute Gasteiger partial charge is 0.243 e. The molecule has 0 bridgehead atoms. The Kier molecular flexibility index (Phi) is 3.91. The fourth-order valence-electron chi connectivity index (χ4n) is 1.80. The van der Waals surface area contributed by atoms with Gasteiger partial charge in [0, 0.05) is 20.1 Å². The summed E-state index contributed by atoms with van der Waals surface area (Å²) in [6.07, 6.45) is 1.20. The molecule has 1 fully saturated rings. The van der Waals surface area contributed by atoms with E-state index in [4.69, 9.17) is 5.73 Å². The average molecular weight is 227 g/mol. The molecule has 5 nitrogen and oxygen atoms in total. The van der Waals surface area contributed by atoms with Gasteiger partial charge in [0.2, 0.25) is 11.8 Å². The number of hydrogen-bond acceptors (Lipinski definition) is 3. The number of hydrogen-bond donors (Lipinski definition) is 1. The van der Waals surface area contributed by atoms with Gasteiger partial charge in [-0.25, -0.2) is 0 Å². The lowest BCUT2D eigenvalue weighted by Crippen LogP contribution is -2.60.